The van der Waals surface area contributed by atoms with Gasteiger partial charge in [-0.15, -0.1) is 0 Å². The van der Waals surface area contributed by atoms with Crippen LogP contribution in [0, 0.1) is 0 Å². The molecular weight excluding hydrogens is 627 g/mol. The molecule has 0 radical (unpaired) electrons. The van der Waals surface area contributed by atoms with Gasteiger partial charge in [0.05, 0.1) is 0 Å². The van der Waals surface area contributed by atoms with Crippen molar-refractivity contribution in [2.75, 3.05) is 0 Å². The van der Waals surface area contributed by atoms with E-state index in [1.807, 2.05) is 63.2 Å². The highest BCUT2D eigenvalue weighted by Crippen LogP contribution is 2.55. The Kier molecular flexibility index (Phi) is 8.51. The summed E-state index contributed by atoms with van der Waals surface area (Å²) in [6, 6.07) is 19.1. The number of hydrogen-bond donors (Lipinski definition) is 0. The molecule has 4 rings (SSSR count). The zero-order valence-corrected chi connectivity index (χ0v) is 24.3. The number of fused-ring (bicyclic) bond motifs is 1. The van der Waals surface area contributed by atoms with Crippen molar-refractivity contribution in [1.82, 2.24) is 0 Å². The smallest absolute Gasteiger partial charge is 0.460 e. The summed E-state index contributed by atoms with van der Waals surface area (Å²) in [7, 11) is -7.05. The van der Waals surface area contributed by atoms with Crippen molar-refractivity contribution in [3.63, 3.8) is 0 Å². The quantitative estimate of drug-likeness (QED) is 0.180. The van der Waals surface area contributed by atoms with E-state index >= 15 is 0 Å². The minimum atomic E-state index is -7.39. The maximum atomic E-state index is 14.1. The van der Waals surface area contributed by atoms with Crippen molar-refractivity contribution in [3.8, 4) is 11.5 Å². The van der Waals surface area contributed by atoms with Gasteiger partial charge in [0.15, 0.2) is 0 Å². The van der Waals surface area contributed by atoms with E-state index < -0.39 is 44.7 Å². The molecule has 0 aliphatic heterocycles. The first-order chi connectivity index (χ1) is 20.1. The second-order valence-corrected chi connectivity index (χ2v) is 13.0. The van der Waals surface area contributed by atoms with Gasteiger partial charge in [-0.3, -0.25) is 0 Å². The van der Waals surface area contributed by atoms with Crippen molar-refractivity contribution >= 4 is 10.1 Å². The monoisotopic (exact) mass is 654 g/mol. The molecule has 44 heavy (non-hydrogen) atoms. The number of alkyl halides is 9. The average Bonchev–Trinajstić information content (AvgIpc) is 2.91. The van der Waals surface area contributed by atoms with E-state index in [1.54, 1.807) is 6.07 Å². The predicted octanol–water partition coefficient (Wildman–Crippen LogP) is 8.86. The summed E-state index contributed by atoms with van der Waals surface area (Å²) in [4.78, 5) is 0. The lowest BCUT2D eigenvalue weighted by molar-refractivity contribution is -0.382. The Balaban J connectivity index is 1.69. The topological polar surface area (TPSA) is 52.6 Å². The van der Waals surface area contributed by atoms with Gasteiger partial charge in [-0.1, -0.05) is 48.5 Å². The van der Waals surface area contributed by atoms with Crippen LogP contribution in [0.1, 0.15) is 61.3 Å². The van der Waals surface area contributed by atoms with Crippen LogP contribution in [0.2, 0.25) is 0 Å². The number of ether oxygens (including phenoxy) is 1. The van der Waals surface area contributed by atoms with Gasteiger partial charge < -0.3 is 8.92 Å². The van der Waals surface area contributed by atoms with Gasteiger partial charge in [0.2, 0.25) is 0 Å². The van der Waals surface area contributed by atoms with E-state index in [-0.39, 0.29) is 11.8 Å². The fourth-order valence-corrected chi connectivity index (χ4v) is 6.02. The number of hydrogen-bond acceptors (Lipinski definition) is 4. The summed E-state index contributed by atoms with van der Waals surface area (Å²) in [6.45, 7) is 5.68. The first-order valence-corrected chi connectivity index (χ1v) is 14.6. The third kappa shape index (κ3) is 6.09. The van der Waals surface area contributed by atoms with E-state index in [0.717, 1.165) is 28.8 Å². The normalized spacial score (nSPS) is 18.5. The molecule has 2 atom stereocenters. The summed E-state index contributed by atoms with van der Waals surface area (Å²) >= 11 is 0. The predicted molar refractivity (Wildman–Crippen MR) is 143 cm³/mol. The van der Waals surface area contributed by atoms with E-state index in [2.05, 4.69) is 4.18 Å². The second-order valence-electron chi connectivity index (χ2n) is 11.4. The third-order valence-electron chi connectivity index (χ3n) is 7.10. The average molecular weight is 655 g/mol. The van der Waals surface area contributed by atoms with E-state index in [0.29, 0.717) is 24.2 Å². The van der Waals surface area contributed by atoms with Crippen LogP contribution in [0.3, 0.4) is 0 Å². The first kappa shape index (κ1) is 33.5. The molecular formula is C30H27F9O4S. The summed E-state index contributed by atoms with van der Waals surface area (Å²) < 4.78 is 154. The van der Waals surface area contributed by atoms with Gasteiger partial charge >= 0.3 is 33.4 Å². The molecule has 0 N–H and O–H groups in total. The standard InChI is InChI=1S/C30H27F9O4S/c1-26(2,3)42-22-14-16-24-20(17-22)11-15-23(18-7-5-4-6-8-18)25(24)19-9-12-21(13-10-19)43-44(40,41)30(38,39)28(33,34)27(31,32)29(35,36)37/h4-10,12-14,16-17,23,25H,11,15H2,1-3H3. The van der Waals surface area contributed by atoms with Crippen LogP contribution in [0.5, 0.6) is 11.5 Å². The lowest BCUT2D eigenvalue weighted by Gasteiger charge is -2.35. The van der Waals surface area contributed by atoms with Crippen LogP contribution >= 0.6 is 0 Å². The number of aryl methyl sites for hydroxylation is 1. The van der Waals surface area contributed by atoms with E-state index in [1.165, 1.54) is 12.1 Å². The van der Waals surface area contributed by atoms with Crippen molar-refractivity contribution in [2.24, 2.45) is 0 Å². The Bertz CT molecular complexity index is 1580. The SMILES string of the molecule is CC(C)(C)Oc1ccc2c(c1)CCC(c1ccccc1)C2c1ccc(OS(=O)(=O)C(F)(F)C(F)(F)C(F)(F)C(F)(F)F)cc1. The highest BCUT2D eigenvalue weighted by Gasteiger charge is 2.86. The van der Waals surface area contributed by atoms with Crippen LogP contribution in [0.4, 0.5) is 39.5 Å². The highest BCUT2D eigenvalue weighted by atomic mass is 32.2. The zero-order valence-electron chi connectivity index (χ0n) is 23.4. The molecule has 0 saturated heterocycles. The Hall–Kier alpha value is -3.42. The molecule has 0 fully saturated rings. The van der Waals surface area contributed by atoms with Crippen LogP contribution in [-0.2, 0) is 16.5 Å². The van der Waals surface area contributed by atoms with Gasteiger partial charge in [0.25, 0.3) is 0 Å². The Morgan fingerprint density at radius 3 is 1.82 bits per heavy atom. The molecule has 3 aromatic carbocycles. The molecule has 1 aliphatic rings. The summed E-state index contributed by atoms with van der Waals surface area (Å²) in [5.74, 6) is -15.6. The molecule has 4 nitrogen and oxygen atoms in total. The number of halogens is 9. The zero-order chi connectivity index (χ0) is 32.9. The third-order valence-corrected chi connectivity index (χ3v) is 8.40. The van der Waals surface area contributed by atoms with E-state index in [9.17, 15) is 47.9 Å². The molecule has 0 heterocycles. The molecule has 3 aromatic rings. The largest absolute Gasteiger partial charge is 0.488 e. The molecule has 0 amide bonds. The molecule has 0 aromatic heterocycles. The van der Waals surface area contributed by atoms with Crippen molar-refractivity contribution in [1.29, 1.82) is 0 Å². The van der Waals surface area contributed by atoms with Gasteiger partial charge in [-0.05, 0) is 86.1 Å². The van der Waals surface area contributed by atoms with Gasteiger partial charge in [-0.2, -0.15) is 47.9 Å². The van der Waals surface area contributed by atoms with Crippen molar-refractivity contribution < 1.29 is 56.9 Å². The van der Waals surface area contributed by atoms with Crippen LogP contribution in [-0.4, -0.2) is 37.3 Å². The molecule has 14 heteroatoms. The fourth-order valence-electron chi connectivity index (χ4n) is 5.11. The van der Waals surface area contributed by atoms with Crippen LogP contribution in [0.25, 0.3) is 0 Å². The van der Waals surface area contributed by atoms with E-state index in [4.69, 9.17) is 4.74 Å². The summed E-state index contributed by atoms with van der Waals surface area (Å²) in [5.41, 5.74) is 2.88. The summed E-state index contributed by atoms with van der Waals surface area (Å²) in [5, 5.41) is -6.95. The van der Waals surface area contributed by atoms with Crippen molar-refractivity contribution in [3.05, 3.63) is 95.1 Å². The minimum Gasteiger partial charge on any atom is -0.488 e. The molecule has 0 saturated carbocycles. The van der Waals surface area contributed by atoms with Crippen LogP contribution < -0.4 is 8.92 Å². The Morgan fingerprint density at radius 1 is 0.705 bits per heavy atom. The number of rotatable bonds is 8. The Morgan fingerprint density at radius 2 is 1.27 bits per heavy atom. The molecule has 240 valence electrons. The van der Waals surface area contributed by atoms with Gasteiger partial charge in [0, 0.05) is 5.92 Å². The lowest BCUT2D eigenvalue weighted by atomic mass is 9.69. The maximum Gasteiger partial charge on any atom is 0.460 e. The Labute approximate surface area is 247 Å². The lowest BCUT2D eigenvalue weighted by Crippen LogP contribution is -2.63. The first-order valence-electron chi connectivity index (χ1n) is 13.2. The molecule has 2 unspecified atom stereocenters. The molecule has 1 aliphatic carbocycles. The summed E-state index contributed by atoms with van der Waals surface area (Å²) in [6.07, 6.45) is -5.83. The van der Waals surface area contributed by atoms with Gasteiger partial charge in [-0.25, -0.2) is 0 Å². The highest BCUT2D eigenvalue weighted by molar-refractivity contribution is 7.88. The maximum absolute atomic E-state index is 14.1. The molecule has 0 bridgehead atoms. The number of benzene rings is 3. The second kappa shape index (κ2) is 11.2. The van der Waals surface area contributed by atoms with Crippen molar-refractivity contribution in [2.45, 2.75) is 74.3 Å². The minimum absolute atomic E-state index is 0.110. The van der Waals surface area contributed by atoms with Crippen LogP contribution in [0.15, 0.2) is 72.8 Å². The molecule has 0 spiro atoms. The fraction of sp³-hybridized carbons (Fsp3) is 0.400. The van der Waals surface area contributed by atoms with Gasteiger partial charge in [0.1, 0.15) is 17.1 Å².